The maximum Gasteiger partial charge on any atom is 0.280 e. The lowest BCUT2D eigenvalue weighted by molar-refractivity contribution is 0.100. The van der Waals surface area contributed by atoms with E-state index in [-0.39, 0.29) is 5.91 Å². The first kappa shape index (κ1) is 28.8. The van der Waals surface area contributed by atoms with Crippen LogP contribution in [0.15, 0.2) is 41.5 Å². The average Bonchev–Trinajstić information content (AvgIpc) is 3.73. The predicted octanol–water partition coefficient (Wildman–Crippen LogP) is 5.71. The second-order valence-corrected chi connectivity index (χ2v) is 12.8. The van der Waals surface area contributed by atoms with Crippen LogP contribution in [0.5, 0.6) is 5.88 Å². The Morgan fingerprint density at radius 1 is 1.05 bits per heavy atom. The Hall–Kier alpha value is -3.92. The molecule has 7 rings (SSSR count). The molecule has 10 nitrogen and oxygen atoms in total. The topological polar surface area (TPSA) is 99.9 Å². The Morgan fingerprint density at radius 2 is 1.91 bits per heavy atom. The van der Waals surface area contributed by atoms with Gasteiger partial charge in [-0.2, -0.15) is 10.1 Å². The van der Waals surface area contributed by atoms with Crippen LogP contribution in [-0.2, 0) is 7.05 Å². The van der Waals surface area contributed by atoms with E-state index in [4.69, 9.17) is 14.7 Å². The van der Waals surface area contributed by atoms with E-state index in [1.165, 1.54) is 45.2 Å². The summed E-state index contributed by atoms with van der Waals surface area (Å²) in [7, 11) is 1.88. The number of amides is 1. The van der Waals surface area contributed by atoms with Gasteiger partial charge in [-0.3, -0.25) is 9.78 Å². The minimum Gasteiger partial charge on any atom is -0.477 e. The largest absolute Gasteiger partial charge is 0.477 e. The molecule has 1 amide bonds. The van der Waals surface area contributed by atoms with E-state index >= 15 is 0 Å². The van der Waals surface area contributed by atoms with Gasteiger partial charge in [-0.15, -0.1) is 0 Å². The molecule has 1 aliphatic carbocycles. The summed E-state index contributed by atoms with van der Waals surface area (Å²) in [6.45, 7) is 7.88. The summed E-state index contributed by atoms with van der Waals surface area (Å²) in [5.41, 5.74) is 5.84. The third kappa shape index (κ3) is 6.31. The molecule has 5 heterocycles. The number of guanidine groups is 1. The number of aryl methyl sites for hydroxylation is 2. The van der Waals surface area contributed by atoms with Crippen molar-refractivity contribution < 1.29 is 9.53 Å². The maximum absolute atomic E-state index is 13.7. The standard InChI is InChI=1S/C34H44N8O2/c1-23-18-26-19-29(37-23)28-21-36-40(2)33(28)44-17-6-8-25(24-9-10-24)22-42-31-12-11-27(20-30(31)38-34(42)39-32(26)43)35-13-7-16-41-14-4-3-5-15-41/h11-12,18-21,24-25,35H,3-10,13-17,22H2,1-2H3,(H,38,39,43). The molecule has 1 saturated carbocycles. The van der Waals surface area contributed by atoms with Crippen LogP contribution in [0.1, 0.15) is 67.4 Å². The summed E-state index contributed by atoms with van der Waals surface area (Å²) >= 11 is 0. The Morgan fingerprint density at radius 3 is 2.75 bits per heavy atom. The number of pyridine rings is 1. The van der Waals surface area contributed by atoms with E-state index in [1.807, 2.05) is 14.0 Å². The molecule has 0 radical (unpaired) electrons. The Labute approximate surface area is 259 Å². The third-order valence-electron chi connectivity index (χ3n) is 9.45. The van der Waals surface area contributed by atoms with Crippen LogP contribution in [0.25, 0.3) is 11.3 Å². The molecule has 3 aromatic rings. The van der Waals surface area contributed by atoms with Gasteiger partial charge >= 0.3 is 0 Å². The van der Waals surface area contributed by atoms with Crippen molar-refractivity contribution in [3.8, 4) is 17.1 Å². The molecule has 1 unspecified atom stereocenters. The van der Waals surface area contributed by atoms with Gasteiger partial charge in [0.25, 0.3) is 5.91 Å². The summed E-state index contributed by atoms with van der Waals surface area (Å²) in [6.07, 6.45) is 11.4. The zero-order valence-corrected chi connectivity index (χ0v) is 26.0. The number of carbonyl (C=O) groups excluding carboxylic acids is 1. The highest BCUT2D eigenvalue weighted by Gasteiger charge is 2.36. The van der Waals surface area contributed by atoms with Crippen molar-refractivity contribution in [1.82, 2.24) is 19.7 Å². The number of likely N-dealkylation sites (tertiary alicyclic amines) is 1. The van der Waals surface area contributed by atoms with Crippen LogP contribution in [0, 0.1) is 18.8 Å². The Kier molecular flexibility index (Phi) is 8.25. The van der Waals surface area contributed by atoms with Crippen LogP contribution in [-0.4, -0.2) is 70.9 Å². The molecule has 0 spiro atoms. The molecule has 232 valence electrons. The first-order valence-corrected chi connectivity index (χ1v) is 16.4. The number of piperidine rings is 1. The minimum absolute atomic E-state index is 0.294. The van der Waals surface area contributed by atoms with Crippen molar-refractivity contribution >= 4 is 28.9 Å². The zero-order chi connectivity index (χ0) is 30.0. The lowest BCUT2D eigenvalue weighted by Gasteiger charge is -2.26. The number of ether oxygens (including phenoxy) is 1. The number of nitrogens with one attached hydrogen (secondary N) is 2. The van der Waals surface area contributed by atoms with Crippen LogP contribution in [0.3, 0.4) is 0 Å². The number of hydrogen-bond acceptors (Lipinski definition) is 8. The number of nitrogens with zero attached hydrogens (tertiary/aromatic N) is 6. The summed E-state index contributed by atoms with van der Waals surface area (Å²) < 4.78 is 8.03. The maximum atomic E-state index is 13.7. The van der Waals surface area contributed by atoms with Gasteiger partial charge in [0.05, 0.1) is 35.4 Å². The normalized spacial score (nSPS) is 22.0. The van der Waals surface area contributed by atoms with Gasteiger partial charge in [-0.25, -0.2) is 4.68 Å². The van der Waals surface area contributed by atoms with Crippen molar-refractivity contribution in [2.45, 2.75) is 58.3 Å². The van der Waals surface area contributed by atoms with Gasteiger partial charge in [0, 0.05) is 37.1 Å². The molecule has 2 aromatic heterocycles. The summed E-state index contributed by atoms with van der Waals surface area (Å²) in [4.78, 5) is 28.0. The van der Waals surface area contributed by atoms with Crippen molar-refractivity contribution in [2.24, 2.45) is 23.9 Å². The highest BCUT2D eigenvalue weighted by molar-refractivity contribution is 6.19. The number of hydrogen-bond donors (Lipinski definition) is 2. The van der Waals surface area contributed by atoms with Crippen molar-refractivity contribution in [2.75, 3.05) is 54.9 Å². The molecule has 1 atom stereocenters. The fraction of sp³-hybridized carbons (Fsp3) is 0.529. The zero-order valence-electron chi connectivity index (χ0n) is 26.0. The van der Waals surface area contributed by atoms with Crippen LogP contribution in [0.4, 0.5) is 17.1 Å². The molecular weight excluding hydrogens is 552 g/mol. The van der Waals surface area contributed by atoms with Gasteiger partial charge in [-0.05, 0) is 114 Å². The number of carbonyl (C=O) groups is 1. The molecule has 4 aliphatic rings. The lowest BCUT2D eigenvalue weighted by Crippen LogP contribution is -2.36. The first-order chi connectivity index (χ1) is 21.5. The molecule has 3 aliphatic heterocycles. The second-order valence-electron chi connectivity index (χ2n) is 12.8. The quantitative estimate of drug-likeness (QED) is 0.350. The molecule has 2 N–H and O–H groups in total. The number of fused-ring (bicyclic) bond motifs is 7. The lowest BCUT2D eigenvalue weighted by atomic mass is 9.97. The van der Waals surface area contributed by atoms with Crippen LogP contribution < -0.4 is 20.3 Å². The van der Waals surface area contributed by atoms with E-state index in [1.54, 1.807) is 23.0 Å². The van der Waals surface area contributed by atoms with Gasteiger partial charge < -0.3 is 25.2 Å². The fourth-order valence-electron chi connectivity index (χ4n) is 6.93. The van der Waals surface area contributed by atoms with Crippen molar-refractivity contribution in [3.63, 3.8) is 0 Å². The first-order valence-electron chi connectivity index (χ1n) is 16.4. The van der Waals surface area contributed by atoms with E-state index in [2.05, 4.69) is 43.7 Å². The van der Waals surface area contributed by atoms with Crippen molar-refractivity contribution in [1.29, 1.82) is 0 Å². The smallest absolute Gasteiger partial charge is 0.280 e. The van der Waals surface area contributed by atoms with E-state index in [9.17, 15) is 4.79 Å². The monoisotopic (exact) mass is 596 g/mol. The van der Waals surface area contributed by atoms with Gasteiger partial charge in [0.1, 0.15) is 0 Å². The second kappa shape index (κ2) is 12.6. The van der Waals surface area contributed by atoms with E-state index < -0.39 is 0 Å². The molecule has 44 heavy (non-hydrogen) atoms. The van der Waals surface area contributed by atoms with Gasteiger partial charge in [0.15, 0.2) is 0 Å². The Balaban J connectivity index is 1.15. The van der Waals surface area contributed by atoms with Crippen molar-refractivity contribution in [3.05, 3.63) is 47.8 Å². The van der Waals surface area contributed by atoms with E-state index in [0.717, 1.165) is 67.2 Å². The molecule has 2 bridgehead atoms. The summed E-state index contributed by atoms with van der Waals surface area (Å²) in [6, 6.07) is 10.1. The summed E-state index contributed by atoms with van der Waals surface area (Å²) in [5.74, 6) is 2.17. The summed E-state index contributed by atoms with van der Waals surface area (Å²) in [5, 5.41) is 11.6. The van der Waals surface area contributed by atoms with Gasteiger partial charge in [-0.1, -0.05) is 6.42 Å². The minimum atomic E-state index is -0.294. The van der Waals surface area contributed by atoms with Crippen LogP contribution in [0.2, 0.25) is 0 Å². The molecule has 10 heteroatoms. The number of aliphatic imine (C=N–C) groups is 1. The predicted molar refractivity (Wildman–Crippen MR) is 175 cm³/mol. The molecule has 1 saturated heterocycles. The number of aromatic nitrogens is 3. The average molecular weight is 597 g/mol. The third-order valence-corrected chi connectivity index (χ3v) is 9.45. The highest BCUT2D eigenvalue weighted by atomic mass is 16.5. The van der Waals surface area contributed by atoms with Crippen LogP contribution >= 0.6 is 0 Å². The molecular formula is C34H44N8O2. The molecule has 2 fully saturated rings. The SMILES string of the molecule is Cc1cc2cc(n1)-c1cnn(C)c1OCCCC(C1CC1)CN1/C(=N/C2=O)Nc2cc(NCCCN3CCCCC3)ccc21. The van der Waals surface area contributed by atoms with Gasteiger partial charge in [0.2, 0.25) is 11.8 Å². The Bertz CT molecular complexity index is 1540. The number of anilines is 3. The molecule has 1 aromatic carbocycles. The number of rotatable bonds is 6. The highest BCUT2D eigenvalue weighted by Crippen LogP contribution is 2.43. The van der Waals surface area contributed by atoms with E-state index in [0.29, 0.717) is 41.5 Å². The number of benzene rings is 1. The fourth-order valence-corrected chi connectivity index (χ4v) is 6.93.